The van der Waals surface area contributed by atoms with Gasteiger partial charge in [-0.25, -0.2) is 23.7 Å². The summed E-state index contributed by atoms with van der Waals surface area (Å²) in [6.45, 7) is 24.6. The summed E-state index contributed by atoms with van der Waals surface area (Å²) in [6.07, 6.45) is -48.6. The first kappa shape index (κ1) is 84.8. The monoisotopic (exact) mass is 1640 g/mol. The molecule has 8 aromatic rings. The van der Waals surface area contributed by atoms with E-state index in [0.717, 1.165) is 17.1 Å². The van der Waals surface area contributed by atoms with Crippen LogP contribution in [0.25, 0.3) is 0 Å². The summed E-state index contributed by atoms with van der Waals surface area (Å²) in [5, 5.41) is 14.7. The number of halogens is 25. The van der Waals surface area contributed by atoms with E-state index >= 15 is 0 Å². The Labute approximate surface area is 583 Å². The summed E-state index contributed by atoms with van der Waals surface area (Å²) in [5.74, 6) is 0. The van der Waals surface area contributed by atoms with Crippen LogP contribution < -0.4 is 21.9 Å². The molecule has 8 rings (SSSR count). The van der Waals surface area contributed by atoms with Crippen molar-refractivity contribution in [1.29, 1.82) is 0 Å². The molecule has 0 aliphatic rings. The van der Waals surface area contributed by atoms with Crippen molar-refractivity contribution in [1.82, 2.24) is 29.1 Å². The van der Waals surface area contributed by atoms with Crippen LogP contribution >= 0.6 is 21.2 Å². The number of nitrogens with zero attached hydrogens (tertiary/aromatic N) is 6. The fourth-order valence-electron chi connectivity index (χ4n) is 10.3. The minimum atomic E-state index is -6.13. The SMILES string of the molecule is CC(C)(C)S(=O)(=O)c1ccccc1I=O.CC(C)(C)c1ccn([BH-](n2ccc(C(C)(C)C)n2)n2ccc(C(C)(C)C)n2)n1.FC(F)(F)c1cc([B-](c2cc(C(F)(F)F)cc(C(F)(F)F)c2)(c2cc(C(F)(F)F)cc(C(F)(F)F)c2)c2cc(C(F)(F)F)cc(C(F)(F)F)c2)cc(C(F)(F)F)c1.[Co+2]. The average molecular weight is 1640 g/mol. The number of alkyl halides is 24. The predicted molar refractivity (Wildman–Crippen MR) is 333 cm³/mol. The molecule has 38 heteroatoms. The van der Waals surface area contributed by atoms with Crippen LogP contribution in [0.15, 0.2) is 139 Å². The molecular formula is C63H59B2CoF24IN6O3S. The third-order valence-electron chi connectivity index (χ3n) is 15.6. The van der Waals surface area contributed by atoms with Crippen LogP contribution in [0.3, 0.4) is 0 Å². The average Bonchev–Trinajstić information content (AvgIpc) is 1.43. The first-order chi connectivity index (χ1) is 44.8. The van der Waals surface area contributed by atoms with Gasteiger partial charge in [0.05, 0.1) is 74.8 Å². The second kappa shape index (κ2) is 28.7. The Kier molecular flexibility index (Phi) is 24.1. The van der Waals surface area contributed by atoms with Gasteiger partial charge < -0.3 is 13.8 Å². The van der Waals surface area contributed by atoms with E-state index in [2.05, 4.69) is 99.1 Å². The Hall–Kier alpha value is -6.83. The Morgan fingerprint density at radius 1 is 0.347 bits per heavy atom. The third kappa shape index (κ3) is 19.7. The molecule has 1 radical (unpaired) electrons. The van der Waals surface area contributed by atoms with E-state index in [1.165, 1.54) is 6.07 Å². The summed E-state index contributed by atoms with van der Waals surface area (Å²) < 4.78 is 382. The van der Waals surface area contributed by atoms with E-state index in [1.54, 1.807) is 39.0 Å². The summed E-state index contributed by atoms with van der Waals surface area (Å²) in [4.78, 5) is 0.209. The number of rotatable bonds is 9. The molecule has 0 saturated heterocycles. The van der Waals surface area contributed by atoms with Crippen molar-refractivity contribution in [2.75, 3.05) is 0 Å². The van der Waals surface area contributed by atoms with Crippen molar-refractivity contribution in [2.24, 2.45) is 0 Å². The summed E-state index contributed by atoms with van der Waals surface area (Å²) >= 11 is -1.46. The first-order valence-electron chi connectivity index (χ1n) is 29.1. The molecule has 3 aromatic heterocycles. The van der Waals surface area contributed by atoms with Gasteiger partial charge in [-0.1, -0.05) is 123 Å². The molecule has 0 fully saturated rings. The number of aromatic nitrogens is 6. The van der Waals surface area contributed by atoms with Crippen molar-refractivity contribution in [3.05, 3.63) is 199 Å². The van der Waals surface area contributed by atoms with Crippen molar-refractivity contribution < 1.29 is 134 Å². The number of hydrogen-bond donors (Lipinski definition) is 0. The molecule has 0 atom stereocenters. The zero-order valence-corrected chi connectivity index (χ0v) is 58.6. The molecule has 0 saturated carbocycles. The minimum absolute atomic E-state index is 0. The molecule has 0 aliphatic heterocycles. The first-order valence-corrected chi connectivity index (χ1v) is 32.6. The zero-order valence-electron chi connectivity index (χ0n) is 54.6. The number of hydrogen-bond acceptors (Lipinski definition) is 6. The third-order valence-corrected chi connectivity index (χ3v) is 19.9. The maximum Gasteiger partial charge on any atom is 2.00 e. The van der Waals surface area contributed by atoms with E-state index in [-0.39, 0.29) is 37.9 Å². The molecule has 555 valence electrons. The number of sulfone groups is 1. The van der Waals surface area contributed by atoms with E-state index in [4.69, 9.17) is 15.3 Å². The Bertz CT molecular complexity index is 3830. The topological polar surface area (TPSA) is 105 Å². The summed E-state index contributed by atoms with van der Waals surface area (Å²) in [6, 6.07) is 3.98. The van der Waals surface area contributed by atoms with E-state index in [1.807, 2.05) is 13.8 Å². The van der Waals surface area contributed by atoms with Crippen molar-refractivity contribution in [3.8, 4) is 0 Å². The van der Waals surface area contributed by atoms with E-state index in [0.29, 0.717) is 3.57 Å². The maximum absolute atomic E-state index is 14.2. The molecule has 0 unspecified atom stereocenters. The van der Waals surface area contributed by atoms with Gasteiger partial charge in [-0.05, 0) is 94.0 Å². The molecule has 0 bridgehead atoms. The molecule has 9 nitrogen and oxygen atoms in total. The molecular weight excluding hydrogens is 1580 g/mol. The largest absolute Gasteiger partial charge is 2.00 e. The van der Waals surface area contributed by atoms with Gasteiger partial charge in [-0.15, -0.1) is 0 Å². The van der Waals surface area contributed by atoms with Crippen molar-refractivity contribution >= 4 is 66.1 Å². The van der Waals surface area contributed by atoms with Gasteiger partial charge in [-0.3, -0.25) is 3.07 Å². The Morgan fingerprint density at radius 3 is 0.723 bits per heavy atom. The Balaban J connectivity index is 0.000000341. The van der Waals surface area contributed by atoms with Crippen LogP contribution in [0.5, 0.6) is 0 Å². The minimum Gasteiger partial charge on any atom is -0.403 e. The van der Waals surface area contributed by atoms with E-state index < -0.39 is 238 Å². The Morgan fingerprint density at radius 2 is 0.554 bits per heavy atom. The second-order valence-corrected chi connectivity index (χ2v) is 31.5. The molecule has 5 aromatic carbocycles. The van der Waals surface area contributed by atoms with Gasteiger partial charge in [0.15, 0.2) is 31.0 Å². The molecule has 0 amide bonds. The van der Waals surface area contributed by atoms with Crippen LogP contribution in [0, 0.1) is 3.57 Å². The fraction of sp³-hybridized carbons (Fsp3) is 0.381. The smallest absolute Gasteiger partial charge is 0.403 e. The standard InChI is InChI=1S/C32H12BF24.C21H34BN6.C10H13IO3S.Co/c34-25(35,36)13-1-14(26(37,38)39)6-21(5-13)33(22-7-15(27(40,41)42)2-16(8-22)28(43,44)45,23-9-17(29(46,47)48)3-18(10-23)30(49,50)51)24-11-19(31(52,53)54)4-20(12-24)32(55,56)57;1-19(2,3)16-10-13-26(23-16)22(27-14-11-17(24-27)20(4,5)6)28-15-12-18(25-28)21(7,8)9;1-10(2,3)15(13,14)9-7-5-4-6-8(9)11-12;/h1-12H;10-15,22H,1-9H3;4-7H,1-3H3;/q2*-1;;+2. The summed E-state index contributed by atoms with van der Waals surface area (Å²) in [5.41, 5.74) is -27.0. The summed E-state index contributed by atoms with van der Waals surface area (Å²) in [7, 11) is -4.73. The fourth-order valence-corrected chi connectivity index (χ4v) is 13.4. The molecule has 3 heterocycles. The van der Waals surface area contributed by atoms with E-state index in [9.17, 15) is 117 Å². The molecule has 0 N–H and O–H groups in total. The van der Waals surface area contributed by atoms with Crippen molar-refractivity contribution in [2.45, 2.75) is 158 Å². The number of benzene rings is 5. The van der Waals surface area contributed by atoms with Crippen LogP contribution in [0.1, 0.15) is 145 Å². The van der Waals surface area contributed by atoms with Gasteiger partial charge in [0.2, 0.25) is 0 Å². The van der Waals surface area contributed by atoms with Gasteiger partial charge in [0.25, 0.3) is 0 Å². The van der Waals surface area contributed by atoms with Crippen LogP contribution in [-0.2, 0) is 95.3 Å². The normalized spacial score (nSPS) is 13.7. The van der Waals surface area contributed by atoms with Crippen molar-refractivity contribution in [3.63, 3.8) is 0 Å². The van der Waals surface area contributed by atoms with Gasteiger partial charge in [-0.2, -0.15) is 127 Å². The maximum atomic E-state index is 14.2. The van der Waals surface area contributed by atoms with Crippen LogP contribution in [0.2, 0.25) is 0 Å². The molecule has 101 heavy (non-hydrogen) atoms. The predicted octanol–water partition coefficient (Wildman–Crippen LogP) is 17.8. The van der Waals surface area contributed by atoms with Crippen LogP contribution in [-0.4, -0.2) is 55.5 Å². The van der Waals surface area contributed by atoms with Gasteiger partial charge in [0, 0.05) is 16.2 Å². The molecule has 0 spiro atoms. The van der Waals surface area contributed by atoms with Crippen LogP contribution in [0.4, 0.5) is 105 Å². The van der Waals surface area contributed by atoms with Gasteiger partial charge in [0.1, 0.15) is 6.15 Å². The second-order valence-electron chi connectivity index (χ2n) is 27.2. The van der Waals surface area contributed by atoms with Gasteiger partial charge >= 0.3 is 73.3 Å². The molecule has 0 aliphatic carbocycles. The zero-order chi connectivity index (χ0) is 76.5. The quantitative estimate of drug-likeness (QED) is 0.0810.